The molecule has 0 bridgehead atoms. The molecular weight excluding hydrogens is 198 g/mol. The van der Waals surface area contributed by atoms with Crippen molar-refractivity contribution >= 4 is 10.9 Å². The first-order chi connectivity index (χ1) is 7.50. The van der Waals surface area contributed by atoms with E-state index in [4.69, 9.17) is 0 Å². The van der Waals surface area contributed by atoms with Gasteiger partial charge in [0.25, 0.3) is 0 Å². The second kappa shape index (κ2) is 3.89. The minimum absolute atomic E-state index is 0.440. The third-order valence-corrected chi connectivity index (χ3v) is 2.92. The second-order valence-corrected chi connectivity index (χ2v) is 4.94. The topological polar surface area (TPSA) is 30.7 Å². The molecule has 0 saturated carbocycles. The van der Waals surface area contributed by atoms with Gasteiger partial charge in [-0.2, -0.15) is 5.10 Å². The number of nitrogens with zero attached hydrogens (tertiary/aromatic N) is 3. The molecule has 0 fully saturated rings. The maximum atomic E-state index is 4.57. The zero-order valence-corrected chi connectivity index (χ0v) is 10.7. The first kappa shape index (κ1) is 11.1. The number of aryl methyl sites for hydroxylation is 1. The summed E-state index contributed by atoms with van der Waals surface area (Å²) in [6.45, 7) is 8.65. The first-order valence-electron chi connectivity index (χ1n) is 5.83. The van der Waals surface area contributed by atoms with Crippen LogP contribution in [-0.4, -0.2) is 14.8 Å². The molecule has 0 saturated heterocycles. The maximum absolute atomic E-state index is 4.57. The van der Waals surface area contributed by atoms with Crippen LogP contribution >= 0.6 is 0 Å². The zero-order valence-electron chi connectivity index (χ0n) is 10.7. The van der Waals surface area contributed by atoms with E-state index in [2.05, 4.69) is 43.8 Å². The molecule has 0 atom stereocenters. The Kier molecular flexibility index (Phi) is 2.70. The van der Waals surface area contributed by atoms with Gasteiger partial charge in [0.05, 0.1) is 11.2 Å². The molecule has 0 aromatic carbocycles. The second-order valence-electron chi connectivity index (χ2n) is 4.94. The molecule has 0 unspecified atom stereocenters. The number of fused-ring (bicyclic) bond motifs is 1. The van der Waals surface area contributed by atoms with Crippen LogP contribution in [0.25, 0.3) is 10.9 Å². The molecule has 0 aliphatic carbocycles. The van der Waals surface area contributed by atoms with E-state index < -0.39 is 0 Å². The van der Waals surface area contributed by atoms with Crippen LogP contribution in [-0.2, 0) is 7.05 Å². The smallest absolute Gasteiger partial charge is 0.0744 e. The molecule has 3 heteroatoms. The lowest BCUT2D eigenvalue weighted by Gasteiger charge is -2.04. The number of pyridine rings is 1. The van der Waals surface area contributed by atoms with Crippen molar-refractivity contribution in [2.24, 2.45) is 7.05 Å². The number of hydrogen-bond acceptors (Lipinski definition) is 2. The third-order valence-electron chi connectivity index (χ3n) is 2.92. The van der Waals surface area contributed by atoms with Gasteiger partial charge in [0.15, 0.2) is 0 Å². The summed E-state index contributed by atoms with van der Waals surface area (Å²) in [4.78, 5) is 4.51. The van der Waals surface area contributed by atoms with Crippen LogP contribution in [0, 0.1) is 0 Å². The Hall–Kier alpha value is -1.38. The van der Waals surface area contributed by atoms with E-state index in [1.807, 2.05) is 17.9 Å². The van der Waals surface area contributed by atoms with Crippen LogP contribution in [0.4, 0.5) is 0 Å². The van der Waals surface area contributed by atoms with E-state index in [-0.39, 0.29) is 0 Å². The van der Waals surface area contributed by atoms with Crippen LogP contribution in [0.2, 0.25) is 0 Å². The van der Waals surface area contributed by atoms with Gasteiger partial charge in [-0.05, 0) is 17.9 Å². The van der Waals surface area contributed by atoms with E-state index in [0.29, 0.717) is 11.8 Å². The molecule has 0 N–H and O–H groups in total. The third kappa shape index (κ3) is 1.70. The number of rotatable bonds is 2. The van der Waals surface area contributed by atoms with Crippen molar-refractivity contribution in [1.82, 2.24) is 14.8 Å². The van der Waals surface area contributed by atoms with Crippen LogP contribution in [0.15, 0.2) is 12.3 Å². The Bertz CT molecular complexity index is 509. The summed E-state index contributed by atoms with van der Waals surface area (Å²) in [7, 11) is 2.00. The quantitative estimate of drug-likeness (QED) is 0.773. The molecular formula is C13H19N3. The molecule has 3 nitrogen and oxygen atoms in total. The Morgan fingerprint density at radius 3 is 2.38 bits per heavy atom. The van der Waals surface area contributed by atoms with Gasteiger partial charge in [0.1, 0.15) is 0 Å². The van der Waals surface area contributed by atoms with Gasteiger partial charge in [0.2, 0.25) is 0 Å². The van der Waals surface area contributed by atoms with E-state index in [0.717, 1.165) is 11.4 Å². The van der Waals surface area contributed by atoms with E-state index in [1.165, 1.54) is 10.9 Å². The van der Waals surface area contributed by atoms with Crippen molar-refractivity contribution in [3.8, 4) is 0 Å². The Balaban J connectivity index is 2.67. The fourth-order valence-electron chi connectivity index (χ4n) is 1.94. The van der Waals surface area contributed by atoms with Crippen molar-refractivity contribution < 1.29 is 0 Å². The van der Waals surface area contributed by atoms with Gasteiger partial charge < -0.3 is 0 Å². The number of aromatic nitrogens is 3. The fraction of sp³-hybridized carbons (Fsp3) is 0.538. The Morgan fingerprint density at radius 2 is 1.81 bits per heavy atom. The van der Waals surface area contributed by atoms with Crippen molar-refractivity contribution in [3.63, 3.8) is 0 Å². The highest BCUT2D eigenvalue weighted by Crippen LogP contribution is 2.25. The van der Waals surface area contributed by atoms with Crippen LogP contribution in [0.3, 0.4) is 0 Å². The van der Waals surface area contributed by atoms with Crippen LogP contribution in [0.5, 0.6) is 0 Å². The van der Waals surface area contributed by atoms with Gasteiger partial charge in [-0.1, -0.05) is 27.7 Å². The molecule has 2 aromatic rings. The summed E-state index contributed by atoms with van der Waals surface area (Å²) in [6, 6.07) is 2.15. The fourth-order valence-corrected chi connectivity index (χ4v) is 1.94. The summed E-state index contributed by atoms with van der Waals surface area (Å²) in [6.07, 6.45) is 1.97. The largest absolute Gasteiger partial charge is 0.268 e. The molecule has 0 aliphatic rings. The van der Waals surface area contributed by atoms with Crippen molar-refractivity contribution in [3.05, 3.63) is 23.7 Å². The molecule has 2 rings (SSSR count). The minimum atomic E-state index is 0.440. The molecule has 0 amide bonds. The molecule has 16 heavy (non-hydrogen) atoms. The molecule has 86 valence electrons. The Morgan fingerprint density at radius 1 is 1.12 bits per heavy atom. The number of hydrogen-bond donors (Lipinski definition) is 0. The SMILES string of the molecule is CC(C)c1cc2c(cn1)c(C(C)C)nn2C. The van der Waals surface area contributed by atoms with Crippen molar-refractivity contribution in [1.29, 1.82) is 0 Å². The van der Waals surface area contributed by atoms with Gasteiger partial charge in [0, 0.05) is 24.3 Å². The van der Waals surface area contributed by atoms with Gasteiger partial charge in [-0.15, -0.1) is 0 Å². The normalized spacial score (nSPS) is 11.9. The lowest BCUT2D eigenvalue weighted by Crippen LogP contribution is -1.94. The maximum Gasteiger partial charge on any atom is 0.0744 e. The average molecular weight is 217 g/mol. The summed E-state index contributed by atoms with van der Waals surface area (Å²) >= 11 is 0. The van der Waals surface area contributed by atoms with E-state index in [1.54, 1.807) is 0 Å². The minimum Gasteiger partial charge on any atom is -0.268 e. The standard InChI is InChI=1S/C13H19N3/c1-8(2)11-6-12-10(7-14-11)13(9(3)4)15-16(12)5/h6-9H,1-5H3. The Labute approximate surface area is 96.5 Å². The van der Waals surface area contributed by atoms with Gasteiger partial charge in [-0.25, -0.2) is 0 Å². The van der Waals surface area contributed by atoms with Crippen molar-refractivity contribution in [2.75, 3.05) is 0 Å². The molecule has 2 aromatic heterocycles. The highest BCUT2D eigenvalue weighted by atomic mass is 15.3. The highest BCUT2D eigenvalue weighted by Gasteiger charge is 2.13. The predicted molar refractivity (Wildman–Crippen MR) is 66.7 cm³/mol. The molecule has 0 aliphatic heterocycles. The average Bonchev–Trinajstić information content (AvgIpc) is 2.56. The zero-order chi connectivity index (χ0) is 11.9. The summed E-state index contributed by atoms with van der Waals surface area (Å²) in [5.74, 6) is 0.900. The molecule has 2 heterocycles. The summed E-state index contributed by atoms with van der Waals surface area (Å²) in [5.41, 5.74) is 3.45. The lowest BCUT2D eigenvalue weighted by atomic mass is 10.1. The highest BCUT2D eigenvalue weighted by molar-refractivity contribution is 5.81. The molecule has 0 spiro atoms. The van der Waals surface area contributed by atoms with E-state index >= 15 is 0 Å². The van der Waals surface area contributed by atoms with E-state index in [9.17, 15) is 0 Å². The van der Waals surface area contributed by atoms with Gasteiger partial charge in [-0.3, -0.25) is 9.67 Å². The van der Waals surface area contributed by atoms with Crippen LogP contribution < -0.4 is 0 Å². The van der Waals surface area contributed by atoms with Crippen molar-refractivity contribution in [2.45, 2.75) is 39.5 Å². The van der Waals surface area contributed by atoms with Crippen LogP contribution in [0.1, 0.15) is 50.9 Å². The monoisotopic (exact) mass is 217 g/mol. The predicted octanol–water partition coefficient (Wildman–Crippen LogP) is 3.22. The lowest BCUT2D eigenvalue weighted by molar-refractivity contribution is 0.728. The molecule has 0 radical (unpaired) electrons. The summed E-state index contributed by atoms with van der Waals surface area (Å²) in [5, 5.41) is 5.75. The summed E-state index contributed by atoms with van der Waals surface area (Å²) < 4.78 is 1.96. The first-order valence-corrected chi connectivity index (χ1v) is 5.83. The van der Waals surface area contributed by atoms with Gasteiger partial charge >= 0.3 is 0 Å².